The molecule has 0 aromatic heterocycles. The number of anilines is 4. The molecule has 270 valence electrons. The van der Waals surface area contributed by atoms with Gasteiger partial charge in [0.05, 0.1) is 51.3 Å². The van der Waals surface area contributed by atoms with Crippen molar-refractivity contribution in [1.29, 1.82) is 5.41 Å². The Morgan fingerprint density at radius 2 is 0.643 bits per heavy atom. The molecule has 0 radical (unpaired) electrons. The number of nitrogens with one attached hydrogen (secondary N) is 3. The third-order valence-corrected chi connectivity index (χ3v) is 8.94. The van der Waals surface area contributed by atoms with Gasteiger partial charge in [0.1, 0.15) is 0 Å². The molecule has 0 bridgehead atoms. The van der Waals surface area contributed by atoms with Gasteiger partial charge in [-0.15, -0.1) is 0 Å². The molecule has 0 atom stereocenters. The van der Waals surface area contributed by atoms with Crippen LogP contribution >= 0.6 is 0 Å². The summed E-state index contributed by atoms with van der Waals surface area (Å²) in [5.74, 6) is 0. The maximum atomic E-state index is 7.70. The first kappa shape index (κ1) is 35.4. The Balaban J connectivity index is 0.817. The molecular formula is C48H38N8. The minimum absolute atomic E-state index is 0.650. The minimum atomic E-state index is 0.650. The number of benzene rings is 5. The first-order valence-corrected chi connectivity index (χ1v) is 18.4. The molecular weight excluding hydrogens is 689 g/mol. The summed E-state index contributed by atoms with van der Waals surface area (Å²) < 4.78 is 0. The maximum Gasteiger partial charge on any atom is 0.0638 e. The standard InChI is InChI=1S/C48H38N8/c49-34-6-8-36(9-7-34)51-38-14-16-40(17-15-38)53-42-22-24-44(25-23-42)55-46-30-32-48(33-31-46)56-47-28-26-45(27-29-47)54-43-20-18-41(19-21-43)52-39-12-10-37(11-13-39)50-35-4-2-1-3-5-35/h1-6,8,10-33,49-50,52H,7,9H2. The lowest BCUT2D eigenvalue weighted by atomic mass is 10.0. The van der Waals surface area contributed by atoms with E-state index in [0.29, 0.717) is 5.71 Å². The molecule has 0 fully saturated rings. The average Bonchev–Trinajstić information content (AvgIpc) is 3.23. The first-order chi connectivity index (χ1) is 27.5. The van der Waals surface area contributed by atoms with Gasteiger partial charge >= 0.3 is 0 Å². The van der Waals surface area contributed by atoms with Gasteiger partial charge in [0.2, 0.25) is 0 Å². The monoisotopic (exact) mass is 726 g/mol. The van der Waals surface area contributed by atoms with Crippen molar-refractivity contribution in [3.8, 4) is 0 Å². The summed E-state index contributed by atoms with van der Waals surface area (Å²) in [4.78, 5) is 23.7. The number of allylic oxidation sites excluding steroid dienone is 10. The predicted octanol–water partition coefficient (Wildman–Crippen LogP) is 12.6. The Morgan fingerprint density at radius 1 is 0.321 bits per heavy atom. The topological polar surface area (TPSA) is 110 Å². The van der Waals surface area contributed by atoms with E-state index >= 15 is 0 Å². The zero-order chi connectivity index (χ0) is 37.9. The molecule has 3 aliphatic carbocycles. The largest absolute Gasteiger partial charge is 0.356 e. The zero-order valence-corrected chi connectivity index (χ0v) is 30.5. The Morgan fingerprint density at radius 3 is 1.00 bits per heavy atom. The van der Waals surface area contributed by atoms with Crippen LogP contribution in [0, 0.1) is 5.41 Å². The zero-order valence-electron chi connectivity index (χ0n) is 30.5. The molecule has 3 N–H and O–H groups in total. The molecule has 8 rings (SSSR count). The number of hydrogen-bond donors (Lipinski definition) is 3. The van der Waals surface area contributed by atoms with Crippen LogP contribution in [0.4, 0.5) is 51.2 Å². The van der Waals surface area contributed by atoms with Crippen molar-refractivity contribution in [2.45, 2.75) is 12.8 Å². The van der Waals surface area contributed by atoms with Crippen molar-refractivity contribution in [2.24, 2.45) is 25.0 Å². The van der Waals surface area contributed by atoms with Crippen LogP contribution in [-0.2, 0) is 0 Å². The van der Waals surface area contributed by atoms with Gasteiger partial charge in [-0.2, -0.15) is 0 Å². The number of hydrogen-bond acceptors (Lipinski definition) is 8. The van der Waals surface area contributed by atoms with Crippen LogP contribution in [0.1, 0.15) is 12.8 Å². The first-order valence-electron chi connectivity index (χ1n) is 18.4. The molecule has 0 saturated heterocycles. The van der Waals surface area contributed by atoms with Crippen LogP contribution in [0.3, 0.4) is 0 Å². The van der Waals surface area contributed by atoms with Crippen LogP contribution in [0.25, 0.3) is 0 Å². The second-order valence-electron chi connectivity index (χ2n) is 13.2. The molecule has 3 aliphatic rings. The van der Waals surface area contributed by atoms with Gasteiger partial charge in [0.15, 0.2) is 0 Å². The van der Waals surface area contributed by atoms with Gasteiger partial charge in [0.25, 0.3) is 0 Å². The molecule has 0 amide bonds. The van der Waals surface area contributed by atoms with Gasteiger partial charge in [0, 0.05) is 34.2 Å². The highest BCUT2D eigenvalue weighted by molar-refractivity contribution is 6.20. The summed E-state index contributed by atoms with van der Waals surface area (Å²) in [6, 6.07) is 42.2. The third-order valence-electron chi connectivity index (χ3n) is 8.94. The summed E-state index contributed by atoms with van der Waals surface area (Å²) in [5.41, 5.74) is 13.5. The van der Waals surface area contributed by atoms with Gasteiger partial charge in [-0.05, 0) is 183 Å². The van der Waals surface area contributed by atoms with Crippen LogP contribution in [0.5, 0.6) is 0 Å². The van der Waals surface area contributed by atoms with Gasteiger partial charge in [-0.25, -0.2) is 20.0 Å². The number of aliphatic imine (C=N–C) groups is 5. The number of rotatable bonds is 9. The highest BCUT2D eigenvalue weighted by Gasteiger charge is 2.06. The fourth-order valence-electron chi connectivity index (χ4n) is 6.00. The average molecular weight is 727 g/mol. The Kier molecular flexibility index (Phi) is 10.8. The van der Waals surface area contributed by atoms with Crippen LogP contribution in [-0.4, -0.2) is 34.3 Å². The molecule has 0 saturated carbocycles. The lowest BCUT2D eigenvalue weighted by molar-refractivity contribution is 1.12. The fraction of sp³-hybridized carbons (Fsp3) is 0.0417. The van der Waals surface area contributed by atoms with Crippen molar-refractivity contribution in [1.82, 2.24) is 0 Å². The molecule has 0 heterocycles. The Labute approximate surface area is 326 Å². The highest BCUT2D eigenvalue weighted by atomic mass is 14.9. The second kappa shape index (κ2) is 17.0. The lowest BCUT2D eigenvalue weighted by Crippen LogP contribution is -2.05. The quantitative estimate of drug-likeness (QED) is 0.131. The van der Waals surface area contributed by atoms with Crippen LogP contribution in [0.2, 0.25) is 0 Å². The molecule has 8 nitrogen and oxygen atoms in total. The molecule has 0 aliphatic heterocycles. The SMILES string of the molecule is N=C1C=CC(=Nc2ccc(N=C3C=CC(=Nc4ccc(N=C5C=CC(=Nc6ccc(Nc7ccc(Nc8ccccc8)cc7)cc6)C=C5)cc4)C=C3)cc2)CC1. The molecule has 5 aromatic rings. The lowest BCUT2D eigenvalue weighted by Gasteiger charge is -2.10. The molecule has 0 spiro atoms. The van der Waals surface area contributed by atoms with E-state index in [1.54, 1.807) is 0 Å². The van der Waals surface area contributed by atoms with Crippen molar-refractivity contribution in [2.75, 3.05) is 10.6 Å². The number of para-hydroxylation sites is 1. The van der Waals surface area contributed by atoms with E-state index in [0.717, 1.165) is 92.6 Å². The normalized spacial score (nSPS) is 15.3. The Bertz CT molecular complexity index is 2490. The van der Waals surface area contributed by atoms with Crippen molar-refractivity contribution in [3.63, 3.8) is 0 Å². The van der Waals surface area contributed by atoms with E-state index in [1.165, 1.54) is 0 Å². The smallest absolute Gasteiger partial charge is 0.0638 e. The molecule has 5 aromatic carbocycles. The second-order valence-corrected chi connectivity index (χ2v) is 13.2. The fourth-order valence-corrected chi connectivity index (χ4v) is 6.00. The summed E-state index contributed by atoms with van der Waals surface area (Å²) >= 11 is 0. The van der Waals surface area contributed by atoms with E-state index in [1.807, 2.05) is 164 Å². The summed E-state index contributed by atoms with van der Waals surface area (Å²) in [6.07, 6.45) is 21.0. The van der Waals surface area contributed by atoms with Crippen molar-refractivity contribution < 1.29 is 0 Å². The summed E-state index contributed by atoms with van der Waals surface area (Å²) in [6.45, 7) is 0. The van der Waals surface area contributed by atoms with Crippen molar-refractivity contribution in [3.05, 3.63) is 188 Å². The van der Waals surface area contributed by atoms with Gasteiger partial charge in [-0.1, -0.05) is 18.2 Å². The summed E-state index contributed by atoms with van der Waals surface area (Å²) in [7, 11) is 0. The molecule has 0 unspecified atom stereocenters. The van der Waals surface area contributed by atoms with Crippen molar-refractivity contribution >= 4 is 85.5 Å². The predicted molar refractivity (Wildman–Crippen MR) is 237 cm³/mol. The van der Waals surface area contributed by atoms with Gasteiger partial charge < -0.3 is 16.0 Å². The van der Waals surface area contributed by atoms with E-state index in [-0.39, 0.29) is 0 Å². The van der Waals surface area contributed by atoms with Crippen LogP contribution in [0.15, 0.2) is 213 Å². The number of nitrogens with zero attached hydrogens (tertiary/aromatic N) is 5. The molecule has 56 heavy (non-hydrogen) atoms. The molecule has 8 heteroatoms. The van der Waals surface area contributed by atoms with Crippen LogP contribution < -0.4 is 10.6 Å². The van der Waals surface area contributed by atoms with E-state index < -0.39 is 0 Å². The third kappa shape index (κ3) is 9.89. The highest BCUT2D eigenvalue weighted by Crippen LogP contribution is 2.26. The van der Waals surface area contributed by atoms with Gasteiger partial charge in [-0.3, -0.25) is 4.99 Å². The summed E-state index contributed by atoms with van der Waals surface area (Å²) in [5, 5.41) is 14.6. The van der Waals surface area contributed by atoms with E-state index in [2.05, 4.69) is 39.9 Å². The van der Waals surface area contributed by atoms with E-state index in [9.17, 15) is 0 Å². The Hall–Kier alpha value is -7.58. The van der Waals surface area contributed by atoms with E-state index in [4.69, 9.17) is 25.4 Å². The minimum Gasteiger partial charge on any atom is -0.356 e. The maximum absolute atomic E-state index is 7.70.